The molecule has 0 bridgehead atoms. The molecule has 0 radical (unpaired) electrons. The van der Waals surface area contributed by atoms with Gasteiger partial charge < -0.3 is 11.1 Å². The molecule has 8 heteroatoms. The zero-order valence-electron chi connectivity index (χ0n) is 8.98. The first-order valence-electron chi connectivity index (χ1n) is 4.74. The van der Waals surface area contributed by atoms with Crippen LogP contribution in [0, 0.1) is 0 Å². The molecule has 2 aromatic rings. The Hall–Kier alpha value is -1.41. The van der Waals surface area contributed by atoms with Crippen LogP contribution in [0.15, 0.2) is 16.2 Å². The van der Waals surface area contributed by atoms with Crippen molar-refractivity contribution in [2.75, 3.05) is 5.32 Å². The fraction of sp³-hybridized carbons (Fsp3) is 0.222. The molecule has 0 atom stereocenters. The average molecular weight is 316 g/mol. The Morgan fingerprint density at radius 3 is 3.06 bits per heavy atom. The summed E-state index contributed by atoms with van der Waals surface area (Å²) in [6.07, 6.45) is 3.32. The standard InChI is InChI=1S/C9H10BrN5OS/c1-15-4-5(8(11)16)9(14-15)13-3-7-12-2-6(10)17-7/h2,4H,3H2,1H3,(H2,11,16)(H,13,14). The maximum Gasteiger partial charge on any atom is 0.254 e. The Kier molecular flexibility index (Phi) is 3.43. The fourth-order valence-electron chi connectivity index (χ4n) is 1.33. The number of hydrogen-bond donors (Lipinski definition) is 2. The molecule has 0 unspecified atom stereocenters. The average Bonchev–Trinajstić information content (AvgIpc) is 2.82. The number of nitrogens with one attached hydrogen (secondary N) is 1. The van der Waals surface area contributed by atoms with Gasteiger partial charge in [-0.25, -0.2) is 4.98 Å². The Morgan fingerprint density at radius 1 is 1.71 bits per heavy atom. The summed E-state index contributed by atoms with van der Waals surface area (Å²) in [5.74, 6) is -0.0211. The van der Waals surface area contributed by atoms with Crippen molar-refractivity contribution in [1.29, 1.82) is 0 Å². The molecule has 17 heavy (non-hydrogen) atoms. The zero-order valence-corrected chi connectivity index (χ0v) is 11.4. The topological polar surface area (TPSA) is 85.8 Å². The molecule has 1 amide bonds. The zero-order chi connectivity index (χ0) is 12.4. The molecule has 3 N–H and O–H groups in total. The lowest BCUT2D eigenvalue weighted by molar-refractivity contribution is 0.100. The van der Waals surface area contributed by atoms with Crippen LogP contribution in [-0.2, 0) is 13.6 Å². The van der Waals surface area contributed by atoms with Gasteiger partial charge in [-0.15, -0.1) is 11.3 Å². The summed E-state index contributed by atoms with van der Waals surface area (Å²) in [6.45, 7) is 0.508. The van der Waals surface area contributed by atoms with Crippen LogP contribution < -0.4 is 11.1 Å². The van der Waals surface area contributed by atoms with Crippen molar-refractivity contribution in [1.82, 2.24) is 14.8 Å². The molecule has 0 aliphatic rings. The smallest absolute Gasteiger partial charge is 0.254 e. The molecule has 2 rings (SSSR count). The molecule has 2 heterocycles. The van der Waals surface area contributed by atoms with Crippen LogP contribution in [0.2, 0.25) is 0 Å². The number of nitrogens with zero attached hydrogens (tertiary/aromatic N) is 3. The van der Waals surface area contributed by atoms with Crippen LogP contribution in [0.4, 0.5) is 5.82 Å². The van der Waals surface area contributed by atoms with Crippen molar-refractivity contribution in [2.24, 2.45) is 12.8 Å². The highest BCUT2D eigenvalue weighted by Gasteiger charge is 2.12. The number of aromatic nitrogens is 3. The predicted molar refractivity (Wildman–Crippen MR) is 68.9 cm³/mol. The van der Waals surface area contributed by atoms with Crippen molar-refractivity contribution in [2.45, 2.75) is 6.54 Å². The lowest BCUT2D eigenvalue weighted by Gasteiger charge is -2.01. The van der Waals surface area contributed by atoms with E-state index in [1.54, 1.807) is 24.1 Å². The molecule has 6 nitrogen and oxygen atoms in total. The first kappa shape index (κ1) is 12.1. The highest BCUT2D eigenvalue weighted by Crippen LogP contribution is 2.20. The summed E-state index contributed by atoms with van der Waals surface area (Å²) in [5, 5.41) is 8.06. The number of aryl methyl sites for hydroxylation is 1. The van der Waals surface area contributed by atoms with E-state index >= 15 is 0 Å². The Balaban J connectivity index is 2.11. The van der Waals surface area contributed by atoms with Gasteiger partial charge >= 0.3 is 0 Å². The van der Waals surface area contributed by atoms with E-state index in [9.17, 15) is 4.79 Å². The third-order valence-corrected chi connectivity index (χ3v) is 3.50. The van der Waals surface area contributed by atoms with Crippen molar-refractivity contribution in [3.63, 3.8) is 0 Å². The van der Waals surface area contributed by atoms with E-state index in [2.05, 4.69) is 31.3 Å². The molecule has 0 aliphatic heterocycles. The molecule has 0 spiro atoms. The highest BCUT2D eigenvalue weighted by molar-refractivity contribution is 9.11. The number of nitrogens with two attached hydrogens (primary N) is 1. The van der Waals surface area contributed by atoms with Crippen molar-refractivity contribution in [3.8, 4) is 0 Å². The Labute approximate surface area is 110 Å². The van der Waals surface area contributed by atoms with Gasteiger partial charge in [0.25, 0.3) is 5.91 Å². The van der Waals surface area contributed by atoms with Gasteiger partial charge in [-0.2, -0.15) is 5.10 Å². The molecule has 0 saturated carbocycles. The minimum atomic E-state index is -0.499. The lowest BCUT2D eigenvalue weighted by atomic mass is 10.3. The second kappa shape index (κ2) is 4.84. The second-order valence-electron chi connectivity index (χ2n) is 3.34. The van der Waals surface area contributed by atoms with E-state index in [1.165, 1.54) is 11.3 Å². The number of carbonyl (C=O) groups is 1. The van der Waals surface area contributed by atoms with Gasteiger partial charge in [0.15, 0.2) is 5.82 Å². The number of primary amides is 1. The van der Waals surface area contributed by atoms with Gasteiger partial charge in [0.1, 0.15) is 10.6 Å². The molecular weight excluding hydrogens is 306 g/mol. The number of carbonyl (C=O) groups excluding carboxylic acids is 1. The fourth-order valence-corrected chi connectivity index (χ4v) is 2.57. The van der Waals surface area contributed by atoms with Crippen LogP contribution in [0.3, 0.4) is 0 Å². The van der Waals surface area contributed by atoms with E-state index in [0.717, 1.165) is 8.79 Å². The summed E-state index contributed by atoms with van der Waals surface area (Å²) < 4.78 is 2.51. The van der Waals surface area contributed by atoms with Gasteiger partial charge in [0.05, 0.1) is 16.5 Å². The number of thiazole rings is 1. The molecule has 0 fully saturated rings. The number of anilines is 1. The van der Waals surface area contributed by atoms with Gasteiger partial charge in [-0.1, -0.05) is 0 Å². The van der Waals surface area contributed by atoms with Crippen molar-refractivity contribution < 1.29 is 4.79 Å². The summed E-state index contributed by atoms with van der Waals surface area (Å²) in [4.78, 5) is 15.3. The largest absolute Gasteiger partial charge is 0.365 e. The second-order valence-corrected chi connectivity index (χ2v) is 5.84. The van der Waals surface area contributed by atoms with E-state index in [0.29, 0.717) is 17.9 Å². The third kappa shape index (κ3) is 2.83. The van der Waals surface area contributed by atoms with E-state index in [1.807, 2.05) is 0 Å². The number of hydrogen-bond acceptors (Lipinski definition) is 5. The Morgan fingerprint density at radius 2 is 2.47 bits per heavy atom. The minimum absolute atomic E-state index is 0.378. The first-order chi connectivity index (χ1) is 8.06. The number of rotatable bonds is 4. The molecule has 2 aromatic heterocycles. The summed E-state index contributed by atoms with van der Waals surface area (Å²) in [7, 11) is 1.73. The summed E-state index contributed by atoms with van der Waals surface area (Å²) >= 11 is 4.85. The van der Waals surface area contributed by atoms with Crippen molar-refractivity contribution >= 4 is 39.0 Å². The maximum atomic E-state index is 11.2. The van der Waals surface area contributed by atoms with Gasteiger partial charge in [0.2, 0.25) is 0 Å². The van der Waals surface area contributed by atoms with E-state index in [4.69, 9.17) is 5.73 Å². The third-order valence-electron chi connectivity index (χ3n) is 2.03. The summed E-state index contributed by atoms with van der Waals surface area (Å²) in [6, 6.07) is 0. The lowest BCUT2D eigenvalue weighted by Crippen LogP contribution is -2.13. The van der Waals surface area contributed by atoms with E-state index < -0.39 is 5.91 Å². The van der Waals surface area contributed by atoms with Crippen molar-refractivity contribution in [3.05, 3.63) is 26.8 Å². The predicted octanol–water partition coefficient (Wildman–Crippen LogP) is 1.35. The monoisotopic (exact) mass is 315 g/mol. The Bertz CT molecular complexity index is 549. The SMILES string of the molecule is Cn1cc(C(N)=O)c(NCc2ncc(Br)s2)n1. The quantitative estimate of drug-likeness (QED) is 0.891. The van der Waals surface area contributed by atoms with E-state index in [-0.39, 0.29) is 0 Å². The molecule has 0 aromatic carbocycles. The minimum Gasteiger partial charge on any atom is -0.365 e. The van der Waals surface area contributed by atoms with Crippen LogP contribution in [0.25, 0.3) is 0 Å². The van der Waals surface area contributed by atoms with Crippen LogP contribution in [0.1, 0.15) is 15.4 Å². The normalized spacial score (nSPS) is 10.5. The van der Waals surface area contributed by atoms with Crippen LogP contribution >= 0.6 is 27.3 Å². The van der Waals surface area contributed by atoms with Crippen LogP contribution in [0.5, 0.6) is 0 Å². The number of halogens is 1. The van der Waals surface area contributed by atoms with Crippen LogP contribution in [-0.4, -0.2) is 20.7 Å². The molecule has 90 valence electrons. The van der Waals surface area contributed by atoms with Gasteiger partial charge in [-0.05, 0) is 15.9 Å². The molecular formula is C9H10BrN5OS. The molecule has 0 saturated heterocycles. The van der Waals surface area contributed by atoms with Gasteiger partial charge in [0, 0.05) is 13.2 Å². The molecule has 0 aliphatic carbocycles. The highest BCUT2D eigenvalue weighted by atomic mass is 79.9. The number of amides is 1. The first-order valence-corrected chi connectivity index (χ1v) is 6.34. The summed E-state index contributed by atoms with van der Waals surface area (Å²) in [5.41, 5.74) is 5.63. The maximum absolute atomic E-state index is 11.2. The van der Waals surface area contributed by atoms with Gasteiger partial charge in [-0.3, -0.25) is 9.48 Å².